The third-order valence-corrected chi connectivity index (χ3v) is 5.57. The highest BCUT2D eigenvalue weighted by atomic mass is 32.1. The van der Waals surface area contributed by atoms with Crippen LogP contribution in [-0.2, 0) is 6.42 Å². The van der Waals surface area contributed by atoms with E-state index in [1.165, 1.54) is 17.0 Å². The van der Waals surface area contributed by atoms with Gasteiger partial charge in [-0.25, -0.2) is 4.39 Å². The Bertz CT molecular complexity index is 885. The topological polar surface area (TPSA) is 55.5 Å². The number of aliphatic imine (C=N–C) groups is 1. The van der Waals surface area contributed by atoms with Gasteiger partial charge in [0.1, 0.15) is 5.82 Å². The molecule has 3 aromatic rings. The van der Waals surface area contributed by atoms with Crippen LogP contribution in [0.4, 0.5) is 4.39 Å². The van der Waals surface area contributed by atoms with Gasteiger partial charge in [-0.3, -0.25) is 4.99 Å². The van der Waals surface area contributed by atoms with Crippen molar-refractivity contribution >= 4 is 28.2 Å². The summed E-state index contributed by atoms with van der Waals surface area (Å²) in [6, 6.07) is 9.39. The summed E-state index contributed by atoms with van der Waals surface area (Å²) in [4.78, 5) is 11.0. The summed E-state index contributed by atoms with van der Waals surface area (Å²) in [5, 5.41) is 9.93. The van der Waals surface area contributed by atoms with Crippen molar-refractivity contribution in [3.05, 3.63) is 58.2 Å². The Morgan fingerprint density at radius 3 is 2.85 bits per heavy atom. The van der Waals surface area contributed by atoms with Gasteiger partial charge in [0.25, 0.3) is 0 Å². The van der Waals surface area contributed by atoms with Crippen LogP contribution in [0.5, 0.6) is 0 Å². The molecule has 0 spiro atoms. The zero-order valence-electron chi connectivity index (χ0n) is 15.9. The van der Waals surface area contributed by atoms with E-state index in [0.717, 1.165) is 41.9 Å². The monoisotopic (exact) mass is 387 g/mol. The number of hydrogen-bond donors (Lipinski definition) is 3. The first-order valence-electron chi connectivity index (χ1n) is 8.98. The van der Waals surface area contributed by atoms with Crippen LogP contribution >= 0.6 is 11.3 Å². The Balaban J connectivity index is 1.53. The fraction of sp³-hybridized carbons (Fsp3) is 0.350. The Morgan fingerprint density at radius 1 is 1.30 bits per heavy atom. The van der Waals surface area contributed by atoms with Crippen molar-refractivity contribution in [2.45, 2.75) is 12.5 Å². The van der Waals surface area contributed by atoms with Gasteiger partial charge in [0.2, 0.25) is 0 Å². The Hall–Kier alpha value is -2.38. The summed E-state index contributed by atoms with van der Waals surface area (Å²) in [6.45, 7) is 1.52. The number of nitrogens with zero attached hydrogens (tertiary/aromatic N) is 2. The van der Waals surface area contributed by atoms with Gasteiger partial charge in [-0.2, -0.15) is 0 Å². The van der Waals surface area contributed by atoms with E-state index in [9.17, 15) is 4.39 Å². The van der Waals surface area contributed by atoms with Crippen LogP contribution in [0.1, 0.15) is 16.5 Å². The van der Waals surface area contributed by atoms with E-state index in [-0.39, 0.29) is 5.82 Å². The van der Waals surface area contributed by atoms with Crippen LogP contribution in [0.2, 0.25) is 0 Å². The molecule has 0 fully saturated rings. The first-order chi connectivity index (χ1) is 13.1. The predicted octanol–water partition coefficient (Wildman–Crippen LogP) is 3.38. The maximum absolute atomic E-state index is 13.3. The van der Waals surface area contributed by atoms with Crippen LogP contribution in [0.25, 0.3) is 10.9 Å². The minimum atomic E-state index is -0.222. The highest BCUT2D eigenvalue weighted by Gasteiger charge is 2.15. The average molecular weight is 388 g/mol. The van der Waals surface area contributed by atoms with E-state index >= 15 is 0 Å². The minimum absolute atomic E-state index is 0.222. The van der Waals surface area contributed by atoms with E-state index < -0.39 is 0 Å². The van der Waals surface area contributed by atoms with Gasteiger partial charge < -0.3 is 20.5 Å². The highest BCUT2D eigenvalue weighted by Crippen LogP contribution is 2.22. The molecular formula is C20H26FN5S. The molecule has 0 amide bonds. The molecular weight excluding hydrogens is 361 g/mol. The largest absolute Gasteiger partial charge is 0.361 e. The number of aromatic nitrogens is 1. The molecule has 144 valence electrons. The molecule has 7 heteroatoms. The molecule has 0 saturated heterocycles. The summed E-state index contributed by atoms with van der Waals surface area (Å²) >= 11 is 1.76. The molecule has 1 aromatic carbocycles. The van der Waals surface area contributed by atoms with Crippen molar-refractivity contribution < 1.29 is 4.39 Å². The summed E-state index contributed by atoms with van der Waals surface area (Å²) in [5.41, 5.74) is 2.00. The van der Waals surface area contributed by atoms with E-state index in [2.05, 4.69) is 57.1 Å². The molecule has 0 aliphatic carbocycles. The zero-order chi connectivity index (χ0) is 19.2. The van der Waals surface area contributed by atoms with Crippen LogP contribution in [-0.4, -0.2) is 50.1 Å². The highest BCUT2D eigenvalue weighted by molar-refractivity contribution is 7.10. The number of H-pyrrole nitrogens is 1. The Kier molecular flexibility index (Phi) is 6.47. The lowest BCUT2D eigenvalue weighted by molar-refractivity contribution is 0.302. The standard InChI is InChI=1S/C20H26FN5S/c1-22-20(25-13-18(26(2)3)19-5-4-10-27-19)23-9-8-14-12-24-17-11-15(21)6-7-16(14)17/h4-7,10-12,18,24H,8-9,13H2,1-3H3,(H2,22,23,25). The summed E-state index contributed by atoms with van der Waals surface area (Å²) < 4.78 is 13.3. The second kappa shape index (κ2) is 9.01. The number of halogens is 1. The number of hydrogen-bond acceptors (Lipinski definition) is 3. The molecule has 2 aromatic heterocycles. The summed E-state index contributed by atoms with van der Waals surface area (Å²) in [6.07, 6.45) is 2.77. The number of benzene rings is 1. The summed E-state index contributed by atoms with van der Waals surface area (Å²) in [5.74, 6) is 0.559. The molecule has 0 bridgehead atoms. The van der Waals surface area contributed by atoms with Crippen molar-refractivity contribution in [1.29, 1.82) is 0 Å². The maximum atomic E-state index is 13.3. The van der Waals surface area contributed by atoms with E-state index in [1.807, 2.05) is 12.3 Å². The van der Waals surface area contributed by atoms with Crippen molar-refractivity contribution in [1.82, 2.24) is 20.5 Å². The molecule has 2 heterocycles. The van der Waals surface area contributed by atoms with Crippen molar-refractivity contribution in [3.63, 3.8) is 0 Å². The third kappa shape index (κ3) is 4.87. The van der Waals surface area contributed by atoms with E-state index in [0.29, 0.717) is 6.04 Å². The second-order valence-electron chi connectivity index (χ2n) is 6.63. The molecule has 0 saturated carbocycles. The lowest BCUT2D eigenvalue weighted by atomic mass is 10.1. The Morgan fingerprint density at radius 2 is 2.15 bits per heavy atom. The molecule has 1 unspecified atom stereocenters. The van der Waals surface area contributed by atoms with Gasteiger partial charge in [-0.05, 0) is 55.7 Å². The van der Waals surface area contributed by atoms with Gasteiger partial charge >= 0.3 is 0 Å². The number of aromatic amines is 1. The molecule has 27 heavy (non-hydrogen) atoms. The molecule has 0 aliphatic heterocycles. The first-order valence-corrected chi connectivity index (χ1v) is 9.86. The summed E-state index contributed by atoms with van der Waals surface area (Å²) in [7, 11) is 5.95. The molecule has 3 N–H and O–H groups in total. The number of fused-ring (bicyclic) bond motifs is 1. The predicted molar refractivity (Wildman–Crippen MR) is 112 cm³/mol. The number of likely N-dealkylation sites (N-methyl/N-ethyl adjacent to an activating group) is 1. The smallest absolute Gasteiger partial charge is 0.191 e. The minimum Gasteiger partial charge on any atom is -0.361 e. The van der Waals surface area contributed by atoms with Crippen LogP contribution < -0.4 is 10.6 Å². The lowest BCUT2D eigenvalue weighted by Gasteiger charge is -2.24. The van der Waals surface area contributed by atoms with Gasteiger partial charge in [-0.1, -0.05) is 6.07 Å². The van der Waals surface area contributed by atoms with Crippen LogP contribution in [0.15, 0.2) is 46.9 Å². The lowest BCUT2D eigenvalue weighted by Crippen LogP contribution is -2.42. The van der Waals surface area contributed by atoms with Gasteiger partial charge in [0.15, 0.2) is 5.96 Å². The Labute approximate surface area is 163 Å². The van der Waals surface area contributed by atoms with Crippen LogP contribution in [0, 0.1) is 5.82 Å². The molecule has 1 atom stereocenters. The molecule has 5 nitrogen and oxygen atoms in total. The quantitative estimate of drug-likeness (QED) is 0.430. The molecule has 3 rings (SSSR count). The molecule has 0 aliphatic rings. The third-order valence-electron chi connectivity index (χ3n) is 4.60. The van der Waals surface area contributed by atoms with Gasteiger partial charge in [0, 0.05) is 42.1 Å². The maximum Gasteiger partial charge on any atom is 0.191 e. The van der Waals surface area contributed by atoms with Gasteiger partial charge in [0.05, 0.1) is 6.04 Å². The van der Waals surface area contributed by atoms with Crippen molar-refractivity contribution in [3.8, 4) is 0 Å². The van der Waals surface area contributed by atoms with Crippen LogP contribution in [0.3, 0.4) is 0 Å². The van der Waals surface area contributed by atoms with Gasteiger partial charge in [-0.15, -0.1) is 11.3 Å². The average Bonchev–Trinajstić information content (AvgIpc) is 3.30. The number of guanidine groups is 1. The SMILES string of the molecule is CN=C(NCCc1c[nH]c2cc(F)ccc12)NCC(c1cccs1)N(C)C. The number of thiophene rings is 1. The second-order valence-corrected chi connectivity index (χ2v) is 7.61. The van der Waals surface area contributed by atoms with E-state index in [1.54, 1.807) is 18.4 Å². The molecule has 0 radical (unpaired) electrons. The number of nitrogens with one attached hydrogen (secondary N) is 3. The van der Waals surface area contributed by atoms with E-state index in [4.69, 9.17) is 0 Å². The zero-order valence-corrected chi connectivity index (χ0v) is 16.7. The number of rotatable bonds is 7. The fourth-order valence-electron chi connectivity index (χ4n) is 3.11. The van der Waals surface area contributed by atoms with Crippen molar-refractivity contribution in [2.24, 2.45) is 4.99 Å². The normalized spacial score (nSPS) is 13.3. The van der Waals surface area contributed by atoms with Crippen molar-refractivity contribution in [2.75, 3.05) is 34.2 Å². The fourth-order valence-corrected chi connectivity index (χ4v) is 4.04. The first kappa shape index (κ1) is 19.4.